The second-order valence-electron chi connectivity index (χ2n) is 6.00. The van der Waals surface area contributed by atoms with Crippen LogP contribution in [0.15, 0.2) is 30.3 Å². The van der Waals surface area contributed by atoms with Gasteiger partial charge in [-0.2, -0.15) is 5.26 Å². The zero-order valence-corrected chi connectivity index (χ0v) is 11.9. The molecule has 1 aromatic carbocycles. The van der Waals surface area contributed by atoms with Crippen LogP contribution in [0.3, 0.4) is 0 Å². The average molecular weight is 257 g/mol. The molecule has 1 N–H and O–H groups in total. The van der Waals surface area contributed by atoms with Crippen LogP contribution in [0, 0.1) is 22.7 Å². The topological polar surface area (TPSA) is 44.0 Å². The summed E-state index contributed by atoms with van der Waals surface area (Å²) in [7, 11) is 0. The molecule has 3 unspecified atom stereocenters. The standard InChI is InChI=1S/C17H23NO/c1-3-14-8-7-11-17(12-14,13-18)16(2,19)15-9-5-4-6-10-15/h4-6,9-10,14,19H,3,7-8,11-12H2,1-2H3. The van der Waals surface area contributed by atoms with Crippen molar-refractivity contribution in [3.05, 3.63) is 35.9 Å². The Bertz CT molecular complexity index is 460. The third-order valence-electron chi connectivity index (χ3n) is 4.91. The molecule has 1 aliphatic carbocycles. The molecule has 2 heteroatoms. The maximum atomic E-state index is 11.1. The van der Waals surface area contributed by atoms with Crippen molar-refractivity contribution in [2.24, 2.45) is 11.3 Å². The van der Waals surface area contributed by atoms with E-state index in [4.69, 9.17) is 0 Å². The summed E-state index contributed by atoms with van der Waals surface area (Å²) in [5.41, 5.74) is -0.863. The van der Waals surface area contributed by atoms with E-state index in [2.05, 4.69) is 13.0 Å². The van der Waals surface area contributed by atoms with Crippen LogP contribution < -0.4 is 0 Å². The van der Waals surface area contributed by atoms with Crippen molar-refractivity contribution in [2.45, 2.75) is 51.6 Å². The first-order valence-electron chi connectivity index (χ1n) is 7.25. The number of benzene rings is 1. The van der Waals surface area contributed by atoms with Crippen molar-refractivity contribution in [1.29, 1.82) is 5.26 Å². The molecule has 0 amide bonds. The maximum absolute atomic E-state index is 11.1. The van der Waals surface area contributed by atoms with Crippen molar-refractivity contribution in [1.82, 2.24) is 0 Å². The number of hydrogen-bond acceptors (Lipinski definition) is 2. The largest absolute Gasteiger partial charge is 0.384 e. The van der Waals surface area contributed by atoms with Gasteiger partial charge in [-0.25, -0.2) is 0 Å². The van der Waals surface area contributed by atoms with E-state index in [-0.39, 0.29) is 0 Å². The molecule has 19 heavy (non-hydrogen) atoms. The summed E-state index contributed by atoms with van der Waals surface area (Å²) >= 11 is 0. The predicted octanol–water partition coefficient (Wildman–Crippen LogP) is 4.00. The summed E-state index contributed by atoms with van der Waals surface area (Å²) in [6, 6.07) is 12.1. The predicted molar refractivity (Wildman–Crippen MR) is 76.3 cm³/mol. The van der Waals surface area contributed by atoms with Gasteiger partial charge < -0.3 is 5.11 Å². The van der Waals surface area contributed by atoms with Gasteiger partial charge in [0.1, 0.15) is 5.60 Å². The fourth-order valence-electron chi connectivity index (χ4n) is 3.43. The second-order valence-corrected chi connectivity index (χ2v) is 6.00. The van der Waals surface area contributed by atoms with Crippen molar-refractivity contribution >= 4 is 0 Å². The van der Waals surface area contributed by atoms with E-state index in [0.717, 1.165) is 31.2 Å². The number of hydrogen-bond donors (Lipinski definition) is 1. The van der Waals surface area contributed by atoms with Gasteiger partial charge in [0.2, 0.25) is 0 Å². The van der Waals surface area contributed by atoms with E-state index in [1.165, 1.54) is 6.42 Å². The molecule has 0 radical (unpaired) electrons. The normalized spacial score (nSPS) is 30.3. The third kappa shape index (κ3) is 2.40. The molecule has 1 saturated carbocycles. The Kier molecular flexibility index (Phi) is 3.96. The first-order chi connectivity index (χ1) is 9.05. The summed E-state index contributed by atoms with van der Waals surface area (Å²) in [4.78, 5) is 0. The van der Waals surface area contributed by atoms with Gasteiger partial charge in [-0.15, -0.1) is 0 Å². The fourth-order valence-corrected chi connectivity index (χ4v) is 3.43. The minimum Gasteiger partial charge on any atom is -0.384 e. The van der Waals surface area contributed by atoms with E-state index < -0.39 is 11.0 Å². The van der Waals surface area contributed by atoms with Gasteiger partial charge in [0, 0.05) is 0 Å². The first-order valence-corrected chi connectivity index (χ1v) is 7.25. The smallest absolute Gasteiger partial charge is 0.105 e. The Morgan fingerprint density at radius 3 is 2.68 bits per heavy atom. The molecule has 2 nitrogen and oxygen atoms in total. The van der Waals surface area contributed by atoms with E-state index in [9.17, 15) is 10.4 Å². The molecule has 0 heterocycles. The van der Waals surface area contributed by atoms with Gasteiger partial charge in [0.15, 0.2) is 0 Å². The van der Waals surface area contributed by atoms with Gasteiger partial charge in [0.05, 0.1) is 11.5 Å². The molecule has 102 valence electrons. The van der Waals surface area contributed by atoms with Crippen molar-refractivity contribution in [3.8, 4) is 6.07 Å². The van der Waals surface area contributed by atoms with Gasteiger partial charge >= 0.3 is 0 Å². The Morgan fingerprint density at radius 2 is 2.11 bits per heavy atom. The SMILES string of the molecule is CCC1CCCC(C#N)(C(C)(O)c2ccccc2)C1. The number of rotatable bonds is 3. The zero-order valence-electron chi connectivity index (χ0n) is 11.9. The molecule has 1 aromatic rings. The van der Waals surface area contributed by atoms with Crippen LogP contribution in [-0.4, -0.2) is 5.11 Å². The lowest BCUT2D eigenvalue weighted by Gasteiger charge is -2.45. The van der Waals surface area contributed by atoms with Crippen molar-refractivity contribution in [3.63, 3.8) is 0 Å². The van der Waals surface area contributed by atoms with E-state index in [0.29, 0.717) is 5.92 Å². The molecule has 1 aliphatic rings. The van der Waals surface area contributed by atoms with Gasteiger partial charge in [-0.3, -0.25) is 0 Å². The van der Waals surface area contributed by atoms with Gasteiger partial charge in [-0.05, 0) is 31.2 Å². The minimum absolute atomic E-state index is 0.559. The molecule has 2 rings (SSSR count). The lowest BCUT2D eigenvalue weighted by molar-refractivity contribution is -0.0738. The fraction of sp³-hybridized carbons (Fsp3) is 0.588. The van der Waals surface area contributed by atoms with Crippen LogP contribution in [-0.2, 0) is 5.60 Å². The summed E-state index contributed by atoms with van der Waals surface area (Å²) in [6.45, 7) is 3.99. The van der Waals surface area contributed by atoms with Crippen LogP contribution in [0.5, 0.6) is 0 Å². The highest BCUT2D eigenvalue weighted by Crippen LogP contribution is 2.51. The second kappa shape index (κ2) is 5.35. The number of nitriles is 1. The van der Waals surface area contributed by atoms with Crippen LogP contribution in [0.4, 0.5) is 0 Å². The highest BCUT2D eigenvalue weighted by molar-refractivity contribution is 5.28. The summed E-state index contributed by atoms with van der Waals surface area (Å²) in [5, 5.41) is 20.8. The third-order valence-corrected chi connectivity index (χ3v) is 4.91. The Labute approximate surface area is 116 Å². The molecule has 0 bridgehead atoms. The zero-order chi connectivity index (χ0) is 13.9. The molecule has 0 aliphatic heterocycles. The van der Waals surface area contributed by atoms with Gasteiger partial charge in [0.25, 0.3) is 0 Å². The van der Waals surface area contributed by atoms with Crippen molar-refractivity contribution < 1.29 is 5.11 Å². The number of aliphatic hydroxyl groups is 1. The van der Waals surface area contributed by atoms with E-state index in [1.807, 2.05) is 37.3 Å². The first kappa shape index (κ1) is 14.1. The highest BCUT2D eigenvalue weighted by Gasteiger charge is 2.50. The Balaban J connectivity index is 2.38. The van der Waals surface area contributed by atoms with E-state index >= 15 is 0 Å². The molecular weight excluding hydrogens is 234 g/mol. The van der Waals surface area contributed by atoms with Gasteiger partial charge in [-0.1, -0.05) is 56.5 Å². The molecule has 0 saturated heterocycles. The van der Waals surface area contributed by atoms with Crippen LogP contribution in [0.2, 0.25) is 0 Å². The average Bonchev–Trinajstić information content (AvgIpc) is 2.48. The molecule has 0 spiro atoms. The van der Waals surface area contributed by atoms with Crippen molar-refractivity contribution in [2.75, 3.05) is 0 Å². The molecule has 1 fully saturated rings. The molecule has 3 atom stereocenters. The summed E-state index contributed by atoms with van der Waals surface area (Å²) < 4.78 is 0. The lowest BCUT2D eigenvalue weighted by Crippen LogP contribution is -2.45. The van der Waals surface area contributed by atoms with E-state index in [1.54, 1.807) is 0 Å². The number of nitrogens with zero attached hydrogens (tertiary/aromatic N) is 1. The summed E-state index contributed by atoms with van der Waals surface area (Å²) in [5.74, 6) is 0.559. The summed E-state index contributed by atoms with van der Waals surface area (Å²) in [6.07, 6.45) is 4.91. The quantitative estimate of drug-likeness (QED) is 0.889. The van der Waals surface area contributed by atoms with Crippen LogP contribution >= 0.6 is 0 Å². The Morgan fingerprint density at radius 1 is 1.42 bits per heavy atom. The minimum atomic E-state index is -1.07. The molecule has 0 aromatic heterocycles. The highest BCUT2D eigenvalue weighted by atomic mass is 16.3. The lowest BCUT2D eigenvalue weighted by atomic mass is 9.59. The maximum Gasteiger partial charge on any atom is 0.105 e. The monoisotopic (exact) mass is 257 g/mol. The van der Waals surface area contributed by atoms with Crippen LogP contribution in [0.25, 0.3) is 0 Å². The van der Waals surface area contributed by atoms with Crippen LogP contribution in [0.1, 0.15) is 51.5 Å². The Hall–Kier alpha value is -1.33. The molecular formula is C17H23NO.